The number of hydrogen-bond acceptors (Lipinski definition) is 4. The van der Waals surface area contributed by atoms with Gasteiger partial charge in [0, 0.05) is 37.4 Å². The minimum absolute atomic E-state index is 0.104. The molecule has 2 N–H and O–H groups in total. The van der Waals surface area contributed by atoms with E-state index in [-0.39, 0.29) is 6.04 Å². The summed E-state index contributed by atoms with van der Waals surface area (Å²) in [7, 11) is -1.06. The van der Waals surface area contributed by atoms with Gasteiger partial charge in [-0.25, -0.2) is 4.68 Å². The Labute approximate surface area is 144 Å². The Bertz CT molecular complexity index is 649. The van der Waals surface area contributed by atoms with Gasteiger partial charge in [0.25, 0.3) is 0 Å². The normalized spacial score (nSPS) is 13.7. The molecule has 2 rings (SSSR count). The van der Waals surface area contributed by atoms with Crippen LogP contribution in [-0.2, 0) is 17.9 Å². The first kappa shape index (κ1) is 18.5. The zero-order valence-corrected chi connectivity index (χ0v) is 16.7. The molecule has 0 spiro atoms. The van der Waals surface area contributed by atoms with Crippen molar-refractivity contribution in [3.8, 4) is 0 Å². The van der Waals surface area contributed by atoms with Crippen molar-refractivity contribution in [3.63, 3.8) is 0 Å². The average Bonchev–Trinajstić information content (AvgIpc) is 2.80. The van der Waals surface area contributed by atoms with Crippen molar-refractivity contribution in [2.24, 2.45) is 5.73 Å². The van der Waals surface area contributed by atoms with E-state index < -0.39 is 8.07 Å². The molecule has 1 aromatic carbocycles. The van der Waals surface area contributed by atoms with Gasteiger partial charge >= 0.3 is 0 Å². The molecule has 1 aromatic heterocycles. The Morgan fingerprint density at radius 3 is 2.70 bits per heavy atom. The van der Waals surface area contributed by atoms with Crippen molar-refractivity contribution in [1.82, 2.24) is 9.78 Å². The van der Waals surface area contributed by atoms with E-state index in [0.717, 1.165) is 18.7 Å². The third kappa shape index (κ3) is 5.07. The van der Waals surface area contributed by atoms with Crippen LogP contribution in [0.5, 0.6) is 0 Å². The summed E-state index contributed by atoms with van der Waals surface area (Å²) in [6, 6.07) is 7.65. The van der Waals surface area contributed by atoms with Crippen LogP contribution in [0, 0.1) is 0 Å². The SMILES string of the molecule is CSc1cccc2c(CC(C)N)nn(COCC[Si](C)(C)C)c12. The second kappa shape index (κ2) is 7.83. The highest BCUT2D eigenvalue weighted by molar-refractivity contribution is 7.98. The number of fused-ring (bicyclic) bond motifs is 1. The molecule has 0 aliphatic carbocycles. The first-order chi connectivity index (χ1) is 10.8. The maximum atomic E-state index is 5.98. The topological polar surface area (TPSA) is 53.1 Å². The molecular formula is C17H29N3OSSi. The van der Waals surface area contributed by atoms with E-state index in [1.165, 1.54) is 21.8 Å². The van der Waals surface area contributed by atoms with Gasteiger partial charge in [0.05, 0.1) is 11.2 Å². The quantitative estimate of drug-likeness (QED) is 0.444. The van der Waals surface area contributed by atoms with Crippen LogP contribution < -0.4 is 5.73 Å². The van der Waals surface area contributed by atoms with Crippen LogP contribution in [0.4, 0.5) is 0 Å². The first-order valence-electron chi connectivity index (χ1n) is 8.17. The van der Waals surface area contributed by atoms with Gasteiger partial charge in [-0.3, -0.25) is 0 Å². The van der Waals surface area contributed by atoms with Crippen molar-refractivity contribution in [1.29, 1.82) is 0 Å². The van der Waals surface area contributed by atoms with E-state index in [4.69, 9.17) is 15.6 Å². The number of para-hydroxylation sites is 1. The Kier molecular flexibility index (Phi) is 6.31. The van der Waals surface area contributed by atoms with Crippen molar-refractivity contribution in [2.45, 2.75) is 56.7 Å². The fourth-order valence-electron chi connectivity index (χ4n) is 2.51. The zero-order chi connectivity index (χ0) is 17.0. The lowest BCUT2D eigenvalue weighted by Gasteiger charge is -2.15. The third-order valence-corrected chi connectivity index (χ3v) is 6.23. The molecular weight excluding hydrogens is 322 g/mol. The summed E-state index contributed by atoms with van der Waals surface area (Å²) in [5.74, 6) is 0. The van der Waals surface area contributed by atoms with Gasteiger partial charge in [-0.15, -0.1) is 11.8 Å². The molecule has 0 radical (unpaired) electrons. The molecule has 0 aliphatic rings. The second-order valence-corrected chi connectivity index (χ2v) is 13.8. The highest BCUT2D eigenvalue weighted by Crippen LogP contribution is 2.29. The van der Waals surface area contributed by atoms with Gasteiger partial charge in [-0.05, 0) is 25.3 Å². The fourth-order valence-corrected chi connectivity index (χ4v) is 3.89. The molecule has 6 heteroatoms. The summed E-state index contributed by atoms with van der Waals surface area (Å²) in [5, 5.41) is 5.98. The van der Waals surface area contributed by atoms with Gasteiger partial charge in [-0.2, -0.15) is 5.10 Å². The number of thioether (sulfide) groups is 1. The summed E-state index contributed by atoms with van der Waals surface area (Å²) >= 11 is 1.75. The maximum Gasteiger partial charge on any atom is 0.140 e. The van der Waals surface area contributed by atoms with E-state index in [1.807, 2.05) is 11.6 Å². The van der Waals surface area contributed by atoms with E-state index in [0.29, 0.717) is 6.73 Å². The molecule has 1 unspecified atom stereocenters. The van der Waals surface area contributed by atoms with Crippen molar-refractivity contribution >= 4 is 30.7 Å². The number of ether oxygens (including phenoxy) is 1. The molecule has 0 fully saturated rings. The molecule has 2 aromatic rings. The van der Waals surface area contributed by atoms with Crippen LogP contribution in [0.3, 0.4) is 0 Å². The van der Waals surface area contributed by atoms with E-state index in [9.17, 15) is 0 Å². The number of rotatable bonds is 8. The lowest BCUT2D eigenvalue weighted by atomic mass is 10.1. The third-order valence-electron chi connectivity index (χ3n) is 3.75. The van der Waals surface area contributed by atoms with Crippen LogP contribution >= 0.6 is 11.8 Å². The van der Waals surface area contributed by atoms with Crippen LogP contribution in [0.25, 0.3) is 10.9 Å². The minimum atomic E-state index is -1.06. The van der Waals surface area contributed by atoms with Crippen molar-refractivity contribution < 1.29 is 4.74 Å². The summed E-state index contributed by atoms with van der Waals surface area (Å²) in [4.78, 5) is 1.24. The summed E-state index contributed by atoms with van der Waals surface area (Å²) < 4.78 is 7.92. The second-order valence-electron chi connectivity index (χ2n) is 7.33. The Morgan fingerprint density at radius 2 is 2.09 bits per heavy atom. The standard InChI is InChI=1S/C17H29N3OSSi/c1-13(18)11-15-14-7-6-8-16(22-2)17(14)20(19-15)12-21-9-10-23(3,4)5/h6-8,13H,9-12,18H2,1-5H3. The zero-order valence-electron chi connectivity index (χ0n) is 14.9. The Balaban J connectivity index is 2.24. The smallest absolute Gasteiger partial charge is 0.140 e. The van der Waals surface area contributed by atoms with E-state index in [2.05, 4.69) is 44.1 Å². The Hall–Kier alpha value is -0.823. The molecule has 0 bridgehead atoms. The average molecular weight is 352 g/mol. The summed E-state index contributed by atoms with van der Waals surface area (Å²) in [5.41, 5.74) is 8.22. The lowest BCUT2D eigenvalue weighted by molar-refractivity contribution is 0.0811. The molecule has 1 heterocycles. The number of hydrogen-bond donors (Lipinski definition) is 1. The van der Waals surface area contributed by atoms with Crippen LogP contribution in [0.2, 0.25) is 25.7 Å². The molecule has 1 atom stereocenters. The largest absolute Gasteiger partial charge is 0.360 e. The Morgan fingerprint density at radius 1 is 1.35 bits per heavy atom. The monoisotopic (exact) mass is 351 g/mol. The molecule has 0 aliphatic heterocycles. The van der Waals surface area contributed by atoms with Crippen LogP contribution in [-0.4, -0.2) is 36.8 Å². The minimum Gasteiger partial charge on any atom is -0.360 e. The number of benzene rings is 1. The van der Waals surface area contributed by atoms with Crippen LogP contribution in [0.1, 0.15) is 12.6 Å². The number of nitrogens with two attached hydrogens (primary N) is 1. The van der Waals surface area contributed by atoms with Crippen LogP contribution in [0.15, 0.2) is 23.1 Å². The van der Waals surface area contributed by atoms with Gasteiger partial charge in [0.1, 0.15) is 6.73 Å². The first-order valence-corrected chi connectivity index (χ1v) is 13.1. The number of aromatic nitrogens is 2. The van der Waals surface area contributed by atoms with Gasteiger partial charge in [0.2, 0.25) is 0 Å². The highest BCUT2D eigenvalue weighted by atomic mass is 32.2. The molecule has 4 nitrogen and oxygen atoms in total. The van der Waals surface area contributed by atoms with Gasteiger partial charge in [-0.1, -0.05) is 31.8 Å². The lowest BCUT2D eigenvalue weighted by Crippen LogP contribution is -2.22. The maximum absolute atomic E-state index is 5.98. The van der Waals surface area contributed by atoms with Crippen molar-refractivity contribution in [3.05, 3.63) is 23.9 Å². The predicted molar refractivity (Wildman–Crippen MR) is 103 cm³/mol. The van der Waals surface area contributed by atoms with Gasteiger partial charge in [0.15, 0.2) is 0 Å². The van der Waals surface area contributed by atoms with E-state index >= 15 is 0 Å². The number of nitrogens with zero attached hydrogens (tertiary/aromatic N) is 2. The van der Waals surface area contributed by atoms with E-state index in [1.54, 1.807) is 11.8 Å². The predicted octanol–water partition coefficient (Wildman–Crippen LogP) is 3.96. The summed E-state index contributed by atoms with van der Waals surface area (Å²) in [6.07, 6.45) is 2.89. The summed E-state index contributed by atoms with van der Waals surface area (Å²) in [6.45, 7) is 10.4. The fraction of sp³-hybridized carbons (Fsp3) is 0.588. The molecule has 23 heavy (non-hydrogen) atoms. The van der Waals surface area contributed by atoms with Gasteiger partial charge < -0.3 is 10.5 Å². The molecule has 0 saturated heterocycles. The molecule has 0 amide bonds. The molecule has 128 valence electrons. The highest BCUT2D eigenvalue weighted by Gasteiger charge is 2.16. The van der Waals surface area contributed by atoms with Crippen molar-refractivity contribution in [2.75, 3.05) is 12.9 Å². The molecule has 0 saturated carbocycles.